The molecule has 0 saturated carbocycles. The molecule has 0 radical (unpaired) electrons. The van der Waals surface area contributed by atoms with Crippen LogP contribution in [0.2, 0.25) is 0 Å². The second kappa shape index (κ2) is 6.53. The summed E-state index contributed by atoms with van der Waals surface area (Å²) < 4.78 is 0. The fourth-order valence-corrected chi connectivity index (χ4v) is 2.62. The molecule has 3 rings (SSSR count). The molecule has 1 aliphatic rings. The predicted octanol–water partition coefficient (Wildman–Crippen LogP) is 0.728. The summed E-state index contributed by atoms with van der Waals surface area (Å²) in [7, 11) is 0. The summed E-state index contributed by atoms with van der Waals surface area (Å²) in [5.41, 5.74) is 1.10. The van der Waals surface area contributed by atoms with Crippen LogP contribution in [0, 0.1) is 0 Å². The summed E-state index contributed by atoms with van der Waals surface area (Å²) in [6.07, 6.45) is 5.11. The first-order valence-electron chi connectivity index (χ1n) is 7.32. The Morgan fingerprint density at radius 1 is 1.14 bits per heavy atom. The molecule has 22 heavy (non-hydrogen) atoms. The fourth-order valence-electron chi connectivity index (χ4n) is 2.62. The number of nitrogens with zero attached hydrogens (tertiary/aromatic N) is 3. The van der Waals surface area contributed by atoms with Gasteiger partial charge < -0.3 is 9.88 Å². The molecule has 2 aromatic heterocycles. The Balaban J connectivity index is 1.59. The Morgan fingerprint density at radius 3 is 2.55 bits per heavy atom. The van der Waals surface area contributed by atoms with Crippen molar-refractivity contribution in [3.05, 3.63) is 64.3 Å². The molecular weight excluding hydrogens is 280 g/mol. The molecule has 2 aromatic rings. The van der Waals surface area contributed by atoms with Gasteiger partial charge in [0.25, 0.3) is 11.5 Å². The number of carbonyl (C=O) groups is 1. The van der Waals surface area contributed by atoms with Crippen molar-refractivity contribution in [3.63, 3.8) is 0 Å². The number of hydrogen-bond donors (Lipinski definition) is 1. The maximum Gasteiger partial charge on any atom is 0.260 e. The molecule has 3 heterocycles. The molecule has 6 nitrogen and oxygen atoms in total. The van der Waals surface area contributed by atoms with Gasteiger partial charge >= 0.3 is 0 Å². The van der Waals surface area contributed by atoms with Crippen molar-refractivity contribution >= 4 is 5.91 Å². The highest BCUT2D eigenvalue weighted by molar-refractivity contribution is 5.93. The predicted molar refractivity (Wildman–Crippen MR) is 82.5 cm³/mol. The standard InChI is InChI=1S/C16H18N4O2/c21-15-14(2-1-5-18-15)16(22)20-10-8-19(9-11-20)12-13-3-6-17-7-4-13/h1-7H,8-12H2,(H,18,21). The lowest BCUT2D eigenvalue weighted by molar-refractivity contribution is 0.0626. The first-order valence-corrected chi connectivity index (χ1v) is 7.32. The Labute approximate surface area is 128 Å². The zero-order valence-corrected chi connectivity index (χ0v) is 12.2. The number of aromatic amines is 1. The molecule has 1 amide bonds. The molecule has 6 heteroatoms. The fraction of sp³-hybridized carbons (Fsp3) is 0.312. The van der Waals surface area contributed by atoms with E-state index in [1.165, 1.54) is 11.8 Å². The molecule has 1 saturated heterocycles. The molecule has 0 aromatic carbocycles. The van der Waals surface area contributed by atoms with Crippen LogP contribution in [-0.2, 0) is 6.54 Å². The second-order valence-corrected chi connectivity index (χ2v) is 5.34. The van der Waals surface area contributed by atoms with E-state index >= 15 is 0 Å². The zero-order valence-electron chi connectivity index (χ0n) is 12.2. The lowest BCUT2D eigenvalue weighted by atomic mass is 10.2. The van der Waals surface area contributed by atoms with Gasteiger partial charge in [-0.3, -0.25) is 19.5 Å². The van der Waals surface area contributed by atoms with Crippen LogP contribution in [0.5, 0.6) is 0 Å². The number of amides is 1. The monoisotopic (exact) mass is 298 g/mol. The van der Waals surface area contributed by atoms with E-state index in [1.54, 1.807) is 29.4 Å². The smallest absolute Gasteiger partial charge is 0.260 e. The number of piperazine rings is 1. The first-order chi connectivity index (χ1) is 10.7. The van der Waals surface area contributed by atoms with E-state index in [9.17, 15) is 9.59 Å². The van der Waals surface area contributed by atoms with Crippen LogP contribution in [-0.4, -0.2) is 51.9 Å². The molecule has 0 atom stereocenters. The summed E-state index contributed by atoms with van der Waals surface area (Å²) in [4.78, 5) is 34.7. The third-order valence-electron chi connectivity index (χ3n) is 3.86. The van der Waals surface area contributed by atoms with Gasteiger partial charge in [0.1, 0.15) is 5.56 Å². The van der Waals surface area contributed by atoms with E-state index in [0.29, 0.717) is 13.1 Å². The van der Waals surface area contributed by atoms with Gasteiger partial charge in [0.15, 0.2) is 0 Å². The van der Waals surface area contributed by atoms with Crippen LogP contribution < -0.4 is 5.56 Å². The van der Waals surface area contributed by atoms with E-state index in [-0.39, 0.29) is 17.0 Å². The number of nitrogens with one attached hydrogen (secondary N) is 1. The Kier molecular flexibility index (Phi) is 4.29. The number of hydrogen-bond acceptors (Lipinski definition) is 4. The van der Waals surface area contributed by atoms with Crippen molar-refractivity contribution in [3.8, 4) is 0 Å². The number of pyridine rings is 2. The highest BCUT2D eigenvalue weighted by Gasteiger charge is 2.23. The minimum Gasteiger partial charge on any atom is -0.336 e. The van der Waals surface area contributed by atoms with Crippen LogP contribution >= 0.6 is 0 Å². The molecular formula is C16H18N4O2. The Morgan fingerprint density at radius 2 is 1.86 bits per heavy atom. The lowest BCUT2D eigenvalue weighted by Gasteiger charge is -2.34. The van der Waals surface area contributed by atoms with Crippen LogP contribution in [0.4, 0.5) is 0 Å². The second-order valence-electron chi connectivity index (χ2n) is 5.34. The summed E-state index contributed by atoms with van der Waals surface area (Å²) in [5.74, 6) is -0.189. The van der Waals surface area contributed by atoms with Gasteiger partial charge in [0.2, 0.25) is 0 Å². The van der Waals surface area contributed by atoms with E-state index in [2.05, 4.69) is 14.9 Å². The lowest BCUT2D eigenvalue weighted by Crippen LogP contribution is -2.49. The van der Waals surface area contributed by atoms with Gasteiger partial charge in [-0.25, -0.2) is 0 Å². The third kappa shape index (κ3) is 3.23. The maximum atomic E-state index is 12.4. The summed E-state index contributed by atoms with van der Waals surface area (Å²) in [5, 5.41) is 0. The summed E-state index contributed by atoms with van der Waals surface area (Å²) in [6, 6.07) is 7.25. The maximum absolute atomic E-state index is 12.4. The van der Waals surface area contributed by atoms with E-state index in [4.69, 9.17) is 0 Å². The van der Waals surface area contributed by atoms with Gasteiger partial charge in [0.05, 0.1) is 0 Å². The van der Waals surface area contributed by atoms with Crippen molar-refractivity contribution < 1.29 is 4.79 Å². The summed E-state index contributed by atoms with van der Waals surface area (Å²) in [6.45, 7) is 3.74. The van der Waals surface area contributed by atoms with Crippen molar-refractivity contribution in [2.45, 2.75) is 6.54 Å². The minimum absolute atomic E-state index is 0.189. The molecule has 1 fully saturated rings. The minimum atomic E-state index is -0.327. The van der Waals surface area contributed by atoms with Gasteiger partial charge in [-0.2, -0.15) is 0 Å². The molecule has 0 bridgehead atoms. The topological polar surface area (TPSA) is 69.3 Å². The van der Waals surface area contributed by atoms with Gasteiger partial charge in [-0.1, -0.05) is 0 Å². The average molecular weight is 298 g/mol. The SMILES string of the molecule is O=C(c1ccc[nH]c1=O)N1CCN(Cc2ccncc2)CC1. The largest absolute Gasteiger partial charge is 0.336 e. The molecule has 114 valence electrons. The Hall–Kier alpha value is -2.47. The quantitative estimate of drug-likeness (QED) is 0.907. The van der Waals surface area contributed by atoms with Crippen molar-refractivity contribution in [1.29, 1.82) is 0 Å². The molecule has 1 aliphatic heterocycles. The van der Waals surface area contributed by atoms with Crippen molar-refractivity contribution in [2.75, 3.05) is 26.2 Å². The van der Waals surface area contributed by atoms with Crippen LogP contribution in [0.15, 0.2) is 47.7 Å². The average Bonchev–Trinajstić information content (AvgIpc) is 2.56. The molecule has 0 aliphatic carbocycles. The van der Waals surface area contributed by atoms with Crippen LogP contribution in [0.3, 0.4) is 0 Å². The Bertz CT molecular complexity index is 691. The number of carbonyl (C=O) groups excluding carboxylic acids is 1. The van der Waals surface area contributed by atoms with E-state index < -0.39 is 0 Å². The number of rotatable bonds is 3. The number of aromatic nitrogens is 2. The highest BCUT2D eigenvalue weighted by Crippen LogP contribution is 2.09. The van der Waals surface area contributed by atoms with Gasteiger partial charge in [0, 0.05) is 51.3 Å². The summed E-state index contributed by atoms with van der Waals surface area (Å²) >= 11 is 0. The van der Waals surface area contributed by atoms with Crippen LogP contribution in [0.25, 0.3) is 0 Å². The normalized spacial score (nSPS) is 15.7. The van der Waals surface area contributed by atoms with Crippen molar-refractivity contribution in [2.24, 2.45) is 0 Å². The van der Waals surface area contributed by atoms with E-state index in [0.717, 1.165) is 19.6 Å². The zero-order chi connectivity index (χ0) is 15.4. The molecule has 0 unspecified atom stereocenters. The van der Waals surface area contributed by atoms with E-state index in [1.807, 2.05) is 12.1 Å². The molecule has 1 N–H and O–H groups in total. The number of H-pyrrole nitrogens is 1. The highest BCUT2D eigenvalue weighted by atomic mass is 16.2. The van der Waals surface area contributed by atoms with Crippen LogP contribution in [0.1, 0.15) is 15.9 Å². The van der Waals surface area contributed by atoms with Gasteiger partial charge in [-0.15, -0.1) is 0 Å². The van der Waals surface area contributed by atoms with Gasteiger partial charge in [-0.05, 0) is 29.8 Å². The first kappa shape index (κ1) is 14.5. The third-order valence-corrected chi connectivity index (χ3v) is 3.86. The van der Waals surface area contributed by atoms with Crippen molar-refractivity contribution in [1.82, 2.24) is 19.8 Å². The molecule has 0 spiro atoms.